The first kappa shape index (κ1) is 15.8. The van der Waals surface area contributed by atoms with Crippen molar-refractivity contribution < 1.29 is 9.26 Å². The molecule has 2 aromatic heterocycles. The summed E-state index contributed by atoms with van der Waals surface area (Å²) < 4.78 is 10.8. The van der Waals surface area contributed by atoms with E-state index >= 15 is 0 Å². The van der Waals surface area contributed by atoms with Crippen LogP contribution in [0.3, 0.4) is 0 Å². The van der Waals surface area contributed by atoms with Crippen LogP contribution in [0, 0.1) is 6.92 Å². The van der Waals surface area contributed by atoms with Crippen LogP contribution in [0.1, 0.15) is 31.1 Å². The van der Waals surface area contributed by atoms with Crippen LogP contribution in [0.5, 0.6) is 11.6 Å². The van der Waals surface area contributed by atoms with Gasteiger partial charge in [0.15, 0.2) is 11.6 Å². The van der Waals surface area contributed by atoms with Gasteiger partial charge in [0.05, 0.1) is 0 Å². The summed E-state index contributed by atoms with van der Waals surface area (Å²) >= 11 is 0. The molecule has 1 aromatic carbocycles. The van der Waals surface area contributed by atoms with Crippen LogP contribution in [-0.2, 0) is 0 Å². The molecule has 3 N–H and O–H groups in total. The first-order valence-corrected chi connectivity index (χ1v) is 7.61. The summed E-state index contributed by atoms with van der Waals surface area (Å²) in [6, 6.07) is 9.58. The highest BCUT2D eigenvalue weighted by atomic mass is 16.5. The lowest BCUT2D eigenvalue weighted by atomic mass is 10.0. The number of aryl methyl sites for hydroxylation is 1. The van der Waals surface area contributed by atoms with Crippen LogP contribution >= 0.6 is 0 Å². The molecule has 2 heterocycles. The average molecular weight is 325 g/mol. The molecule has 0 saturated carbocycles. The minimum Gasteiger partial charge on any atom is -0.437 e. The monoisotopic (exact) mass is 325 g/mol. The molecule has 0 spiro atoms. The second-order valence-electron chi connectivity index (χ2n) is 5.71. The Morgan fingerprint density at radius 2 is 1.92 bits per heavy atom. The van der Waals surface area contributed by atoms with Crippen molar-refractivity contribution in [1.29, 1.82) is 0 Å². The Morgan fingerprint density at radius 3 is 2.54 bits per heavy atom. The summed E-state index contributed by atoms with van der Waals surface area (Å²) in [6.07, 6.45) is 1.38. The van der Waals surface area contributed by atoms with Gasteiger partial charge in [-0.1, -0.05) is 31.1 Å². The Kier molecular flexibility index (Phi) is 4.33. The number of hydrogen-bond donors (Lipinski definition) is 2. The van der Waals surface area contributed by atoms with Crippen LogP contribution in [0.15, 0.2) is 41.2 Å². The molecule has 0 saturated heterocycles. The molecule has 0 radical (unpaired) electrons. The van der Waals surface area contributed by atoms with Crippen LogP contribution < -0.4 is 15.8 Å². The van der Waals surface area contributed by atoms with E-state index in [-0.39, 0.29) is 5.88 Å². The van der Waals surface area contributed by atoms with Crippen molar-refractivity contribution in [2.24, 2.45) is 0 Å². The van der Waals surface area contributed by atoms with Gasteiger partial charge in [0, 0.05) is 6.07 Å². The highest BCUT2D eigenvalue weighted by Gasteiger charge is 2.12. The first-order chi connectivity index (χ1) is 11.5. The maximum Gasteiger partial charge on any atom is 0.248 e. The second kappa shape index (κ2) is 6.57. The number of nitrogens with two attached hydrogens (primary N) is 1. The quantitative estimate of drug-likeness (QED) is 0.731. The number of nitrogens with zero attached hydrogens (tertiary/aromatic N) is 3. The molecule has 0 amide bonds. The maximum absolute atomic E-state index is 6.09. The molecule has 0 aliphatic carbocycles. The van der Waals surface area contributed by atoms with E-state index in [4.69, 9.17) is 15.0 Å². The van der Waals surface area contributed by atoms with Crippen LogP contribution in [0.4, 0.5) is 17.3 Å². The van der Waals surface area contributed by atoms with Crippen molar-refractivity contribution in [2.75, 3.05) is 11.1 Å². The van der Waals surface area contributed by atoms with Gasteiger partial charge in [-0.25, -0.2) is 4.98 Å². The Morgan fingerprint density at radius 1 is 1.17 bits per heavy atom. The van der Waals surface area contributed by atoms with Crippen molar-refractivity contribution >= 4 is 17.3 Å². The van der Waals surface area contributed by atoms with Gasteiger partial charge in [-0.15, -0.1) is 0 Å². The number of nitrogen functional groups attached to an aromatic ring is 1. The van der Waals surface area contributed by atoms with Crippen molar-refractivity contribution in [3.05, 3.63) is 48.0 Å². The molecule has 0 fully saturated rings. The highest BCUT2D eigenvalue weighted by molar-refractivity contribution is 5.71. The van der Waals surface area contributed by atoms with Gasteiger partial charge >= 0.3 is 0 Å². The first-order valence-electron chi connectivity index (χ1n) is 7.61. The smallest absolute Gasteiger partial charge is 0.248 e. The summed E-state index contributed by atoms with van der Waals surface area (Å²) in [6.45, 7) is 6.08. The molecule has 0 bridgehead atoms. The Labute approximate surface area is 139 Å². The molecule has 0 aliphatic rings. The van der Waals surface area contributed by atoms with Gasteiger partial charge in [-0.3, -0.25) is 0 Å². The Balaban J connectivity index is 1.79. The molecule has 3 aromatic rings. The average Bonchev–Trinajstić information content (AvgIpc) is 2.97. The number of benzene rings is 1. The molecule has 7 heteroatoms. The third-order valence-electron chi connectivity index (χ3n) is 3.48. The minimum absolute atomic E-state index is 0.282. The normalized spacial score (nSPS) is 10.8. The third kappa shape index (κ3) is 3.45. The Bertz CT molecular complexity index is 827. The predicted molar refractivity (Wildman–Crippen MR) is 91.6 cm³/mol. The molecule has 0 aliphatic heterocycles. The summed E-state index contributed by atoms with van der Waals surface area (Å²) in [5, 5.41) is 6.83. The molecular formula is C17H19N5O2. The zero-order chi connectivity index (χ0) is 17.1. The predicted octanol–water partition coefficient (Wildman–Crippen LogP) is 4.01. The lowest BCUT2D eigenvalue weighted by Crippen LogP contribution is -2.03. The fourth-order valence-corrected chi connectivity index (χ4v) is 2.14. The van der Waals surface area contributed by atoms with E-state index in [9.17, 15) is 0 Å². The van der Waals surface area contributed by atoms with E-state index in [1.165, 1.54) is 11.9 Å². The van der Waals surface area contributed by atoms with Gasteiger partial charge in [0.25, 0.3) is 0 Å². The fraction of sp³-hybridized carbons (Fsp3) is 0.235. The zero-order valence-electron chi connectivity index (χ0n) is 13.8. The van der Waals surface area contributed by atoms with Crippen molar-refractivity contribution in [1.82, 2.24) is 15.1 Å². The number of anilines is 3. The summed E-state index contributed by atoms with van der Waals surface area (Å²) in [5.41, 5.74) is 7.63. The van der Waals surface area contributed by atoms with E-state index in [1.807, 2.05) is 24.3 Å². The molecule has 24 heavy (non-hydrogen) atoms. The van der Waals surface area contributed by atoms with E-state index < -0.39 is 0 Å². The summed E-state index contributed by atoms with van der Waals surface area (Å²) in [7, 11) is 0. The zero-order valence-corrected chi connectivity index (χ0v) is 13.8. The van der Waals surface area contributed by atoms with Crippen LogP contribution in [0.2, 0.25) is 0 Å². The van der Waals surface area contributed by atoms with Gasteiger partial charge in [0.1, 0.15) is 23.5 Å². The van der Waals surface area contributed by atoms with Crippen LogP contribution in [0.25, 0.3) is 0 Å². The van der Waals surface area contributed by atoms with Crippen molar-refractivity contribution in [2.45, 2.75) is 26.7 Å². The topological polar surface area (TPSA) is 99.1 Å². The van der Waals surface area contributed by atoms with Gasteiger partial charge < -0.3 is 20.3 Å². The van der Waals surface area contributed by atoms with Gasteiger partial charge in [-0.2, -0.15) is 4.98 Å². The lowest BCUT2D eigenvalue weighted by molar-refractivity contribution is 0.400. The largest absolute Gasteiger partial charge is 0.437 e. The van der Waals surface area contributed by atoms with E-state index in [1.54, 1.807) is 13.0 Å². The number of rotatable bonds is 5. The van der Waals surface area contributed by atoms with Gasteiger partial charge in [0.2, 0.25) is 5.88 Å². The molecule has 0 unspecified atom stereocenters. The molecule has 0 atom stereocenters. The van der Waals surface area contributed by atoms with Gasteiger partial charge in [-0.05, 0) is 30.5 Å². The summed E-state index contributed by atoms with van der Waals surface area (Å²) in [4.78, 5) is 8.21. The highest BCUT2D eigenvalue weighted by Crippen LogP contribution is 2.31. The lowest BCUT2D eigenvalue weighted by Gasteiger charge is -2.11. The molecular weight excluding hydrogens is 306 g/mol. The van der Waals surface area contributed by atoms with Crippen LogP contribution in [-0.4, -0.2) is 15.1 Å². The Hall–Kier alpha value is -3.09. The van der Waals surface area contributed by atoms with E-state index in [2.05, 4.69) is 34.3 Å². The van der Waals surface area contributed by atoms with Crippen molar-refractivity contribution in [3.8, 4) is 11.6 Å². The molecule has 3 rings (SSSR count). The number of aromatic nitrogens is 3. The number of nitrogens with one attached hydrogen (secondary N) is 1. The number of ether oxygens (including phenoxy) is 1. The second-order valence-corrected chi connectivity index (χ2v) is 5.71. The fourth-order valence-electron chi connectivity index (χ4n) is 2.14. The number of hydrogen-bond acceptors (Lipinski definition) is 7. The minimum atomic E-state index is 0.282. The van der Waals surface area contributed by atoms with E-state index in [0.29, 0.717) is 34.8 Å². The third-order valence-corrected chi connectivity index (χ3v) is 3.48. The molecule has 7 nitrogen and oxygen atoms in total. The standard InChI is InChI=1S/C17H19N5O2/c1-10(2)12-4-6-13(7-5-12)23-17-15(18)16(19-9-20-17)21-14-8-11(3)24-22-14/h4-10H,18H2,1-3H3,(H,19,20,21,22). The summed E-state index contributed by atoms with van der Waals surface area (Å²) in [5.74, 6) is 3.02. The van der Waals surface area contributed by atoms with Crippen molar-refractivity contribution in [3.63, 3.8) is 0 Å². The van der Waals surface area contributed by atoms with E-state index in [0.717, 1.165) is 0 Å². The SMILES string of the molecule is Cc1cc(Nc2ncnc(Oc3ccc(C(C)C)cc3)c2N)no1. The maximum atomic E-state index is 6.09. The molecule has 124 valence electrons.